The highest BCUT2D eigenvalue weighted by molar-refractivity contribution is 5.66. The number of pyridine rings is 2. The summed E-state index contributed by atoms with van der Waals surface area (Å²) in [7, 11) is 3.42. The van der Waals surface area contributed by atoms with Gasteiger partial charge in [0, 0.05) is 51.7 Å². The monoisotopic (exact) mass is 446 g/mol. The first kappa shape index (κ1) is 22.5. The summed E-state index contributed by atoms with van der Waals surface area (Å²) in [5.41, 5.74) is 3.64. The van der Waals surface area contributed by atoms with Crippen molar-refractivity contribution in [1.82, 2.24) is 24.8 Å². The molecule has 1 saturated heterocycles. The minimum absolute atomic E-state index is 0.335. The number of nitriles is 1. The summed E-state index contributed by atoms with van der Waals surface area (Å²) in [6.45, 7) is 4.53. The van der Waals surface area contributed by atoms with Gasteiger partial charge in [-0.25, -0.2) is 15.0 Å². The van der Waals surface area contributed by atoms with E-state index in [1.807, 2.05) is 19.2 Å². The lowest BCUT2D eigenvalue weighted by Crippen LogP contribution is -2.35. The molecular weight excluding hydrogens is 420 g/mol. The average molecular weight is 447 g/mol. The lowest BCUT2D eigenvalue weighted by molar-refractivity contribution is 0.0336. The van der Waals surface area contributed by atoms with Crippen molar-refractivity contribution in [3.05, 3.63) is 54.1 Å². The van der Waals surface area contributed by atoms with Crippen LogP contribution in [0, 0.1) is 11.3 Å². The van der Waals surface area contributed by atoms with Gasteiger partial charge in [0.15, 0.2) is 0 Å². The molecular formula is C23H26N8O2. The Kier molecular flexibility index (Phi) is 7.36. The van der Waals surface area contributed by atoms with Crippen LogP contribution in [-0.4, -0.2) is 72.0 Å². The Morgan fingerprint density at radius 1 is 1.18 bits per heavy atom. The zero-order valence-electron chi connectivity index (χ0n) is 18.7. The zero-order valence-corrected chi connectivity index (χ0v) is 18.7. The third-order valence-electron chi connectivity index (χ3n) is 5.19. The van der Waals surface area contributed by atoms with E-state index in [1.54, 1.807) is 42.7 Å². The first-order chi connectivity index (χ1) is 16.2. The second-order valence-corrected chi connectivity index (χ2v) is 7.64. The maximum atomic E-state index is 9.56. The van der Waals surface area contributed by atoms with Gasteiger partial charge in [0.1, 0.15) is 18.6 Å². The van der Waals surface area contributed by atoms with Crippen LogP contribution in [0.3, 0.4) is 0 Å². The first-order valence-corrected chi connectivity index (χ1v) is 10.6. The van der Waals surface area contributed by atoms with Gasteiger partial charge in [0.05, 0.1) is 42.0 Å². The first-order valence-electron chi connectivity index (χ1n) is 10.6. The van der Waals surface area contributed by atoms with E-state index in [4.69, 9.17) is 9.47 Å². The summed E-state index contributed by atoms with van der Waals surface area (Å²) in [5.74, 6) is 0.994. The van der Waals surface area contributed by atoms with Crippen LogP contribution in [-0.2, 0) is 16.0 Å². The van der Waals surface area contributed by atoms with Crippen LogP contribution in [0.15, 0.2) is 42.9 Å². The van der Waals surface area contributed by atoms with Crippen molar-refractivity contribution in [3.63, 3.8) is 0 Å². The van der Waals surface area contributed by atoms with Crippen molar-refractivity contribution in [1.29, 1.82) is 5.26 Å². The average Bonchev–Trinajstić information content (AvgIpc) is 2.86. The van der Waals surface area contributed by atoms with Gasteiger partial charge < -0.3 is 19.7 Å². The molecule has 0 saturated carbocycles. The fourth-order valence-electron chi connectivity index (χ4n) is 3.53. The third kappa shape index (κ3) is 5.78. The molecule has 0 aromatic carbocycles. The SMILES string of the molecule is COCN(C)c1ncc(-c2ccnc(Nc3ccc(CN4CCOCC4)nc3)n2)cc1C#N. The molecule has 0 bridgehead atoms. The number of nitrogens with one attached hydrogen (secondary N) is 1. The smallest absolute Gasteiger partial charge is 0.227 e. The van der Waals surface area contributed by atoms with Crippen molar-refractivity contribution in [3.8, 4) is 17.3 Å². The normalized spacial score (nSPS) is 14.0. The van der Waals surface area contributed by atoms with Crippen molar-refractivity contribution in [2.75, 3.05) is 57.4 Å². The molecule has 1 aliphatic heterocycles. The molecule has 1 N–H and O–H groups in total. The molecule has 3 aromatic heterocycles. The summed E-state index contributed by atoms with van der Waals surface area (Å²) in [4.78, 5) is 22.0. The van der Waals surface area contributed by atoms with E-state index in [0.717, 1.165) is 49.8 Å². The Bertz CT molecular complexity index is 1110. The maximum absolute atomic E-state index is 9.56. The van der Waals surface area contributed by atoms with Crippen molar-refractivity contribution < 1.29 is 9.47 Å². The number of aromatic nitrogens is 4. The molecule has 1 fully saturated rings. The molecule has 0 spiro atoms. The summed E-state index contributed by atoms with van der Waals surface area (Å²) in [6, 6.07) is 9.71. The van der Waals surface area contributed by atoms with Gasteiger partial charge in [-0.2, -0.15) is 5.26 Å². The van der Waals surface area contributed by atoms with Crippen molar-refractivity contribution in [2.45, 2.75) is 6.54 Å². The Balaban J connectivity index is 1.46. The van der Waals surface area contributed by atoms with Gasteiger partial charge in [-0.1, -0.05) is 0 Å². The molecule has 10 nitrogen and oxygen atoms in total. The van der Waals surface area contributed by atoms with E-state index in [2.05, 4.69) is 36.2 Å². The second-order valence-electron chi connectivity index (χ2n) is 7.64. The second kappa shape index (κ2) is 10.8. The van der Waals surface area contributed by atoms with Crippen molar-refractivity contribution in [2.24, 2.45) is 0 Å². The minimum atomic E-state index is 0.335. The molecule has 4 heterocycles. The molecule has 33 heavy (non-hydrogen) atoms. The fourth-order valence-corrected chi connectivity index (χ4v) is 3.53. The number of rotatable bonds is 8. The van der Waals surface area contributed by atoms with E-state index in [1.165, 1.54) is 0 Å². The lowest BCUT2D eigenvalue weighted by atomic mass is 10.1. The number of hydrogen-bond acceptors (Lipinski definition) is 10. The summed E-state index contributed by atoms with van der Waals surface area (Å²) >= 11 is 0. The Morgan fingerprint density at radius 2 is 2.03 bits per heavy atom. The highest BCUT2D eigenvalue weighted by atomic mass is 16.5. The van der Waals surface area contributed by atoms with Gasteiger partial charge in [0.2, 0.25) is 5.95 Å². The molecule has 10 heteroatoms. The van der Waals surface area contributed by atoms with Crippen LogP contribution in [0.25, 0.3) is 11.3 Å². The Labute approximate surface area is 192 Å². The highest BCUT2D eigenvalue weighted by Crippen LogP contribution is 2.24. The summed E-state index contributed by atoms with van der Waals surface area (Å²) < 4.78 is 10.5. The van der Waals surface area contributed by atoms with Crippen LogP contribution in [0.2, 0.25) is 0 Å². The van der Waals surface area contributed by atoms with Gasteiger partial charge in [-0.3, -0.25) is 9.88 Å². The number of ether oxygens (including phenoxy) is 2. The lowest BCUT2D eigenvalue weighted by Gasteiger charge is -2.26. The van der Waals surface area contributed by atoms with E-state index in [-0.39, 0.29) is 0 Å². The van der Waals surface area contributed by atoms with Gasteiger partial charge >= 0.3 is 0 Å². The Hall–Kier alpha value is -3.65. The quantitative estimate of drug-likeness (QED) is 0.518. The number of hydrogen-bond donors (Lipinski definition) is 1. The third-order valence-corrected chi connectivity index (χ3v) is 5.19. The molecule has 1 aliphatic rings. The standard InChI is InChI=1S/C23H26N8O2/c1-30(16-32-2)22-17(12-24)11-18(13-27-22)21-5-6-25-23(29-21)28-19-3-4-20(26-14-19)15-31-7-9-33-10-8-31/h3-6,11,13-14H,7-10,15-16H2,1-2H3,(H,25,28,29). The number of anilines is 3. The van der Waals surface area contributed by atoms with Crippen LogP contribution >= 0.6 is 0 Å². The topological polar surface area (TPSA) is 112 Å². The van der Waals surface area contributed by atoms with Gasteiger partial charge in [-0.15, -0.1) is 0 Å². The molecule has 4 rings (SSSR count). The number of methoxy groups -OCH3 is 1. The van der Waals surface area contributed by atoms with Crippen LogP contribution in [0.1, 0.15) is 11.3 Å². The molecule has 0 unspecified atom stereocenters. The minimum Gasteiger partial charge on any atom is -0.379 e. The largest absolute Gasteiger partial charge is 0.379 e. The fraction of sp³-hybridized carbons (Fsp3) is 0.348. The zero-order chi connectivity index (χ0) is 23.0. The van der Waals surface area contributed by atoms with Gasteiger partial charge in [0.25, 0.3) is 0 Å². The van der Waals surface area contributed by atoms with Crippen LogP contribution < -0.4 is 10.2 Å². The molecule has 170 valence electrons. The van der Waals surface area contributed by atoms with Crippen LogP contribution in [0.5, 0.6) is 0 Å². The molecule has 0 amide bonds. The van der Waals surface area contributed by atoms with E-state index in [9.17, 15) is 5.26 Å². The summed E-state index contributed by atoms with van der Waals surface area (Å²) in [5, 5.41) is 12.8. The van der Waals surface area contributed by atoms with Crippen molar-refractivity contribution >= 4 is 17.5 Å². The molecule has 0 aliphatic carbocycles. The van der Waals surface area contributed by atoms with E-state index < -0.39 is 0 Å². The predicted octanol–water partition coefficient (Wildman–Crippen LogP) is 2.42. The molecule has 0 atom stereocenters. The van der Waals surface area contributed by atoms with Gasteiger partial charge in [-0.05, 0) is 24.3 Å². The number of morpholine rings is 1. The predicted molar refractivity (Wildman–Crippen MR) is 124 cm³/mol. The highest BCUT2D eigenvalue weighted by Gasteiger charge is 2.13. The number of nitrogens with zero attached hydrogens (tertiary/aromatic N) is 7. The molecule has 3 aromatic rings. The van der Waals surface area contributed by atoms with E-state index >= 15 is 0 Å². The van der Waals surface area contributed by atoms with E-state index in [0.29, 0.717) is 29.8 Å². The Morgan fingerprint density at radius 3 is 2.76 bits per heavy atom. The van der Waals surface area contributed by atoms with Crippen LogP contribution in [0.4, 0.5) is 17.5 Å². The molecule has 0 radical (unpaired) electrons. The maximum Gasteiger partial charge on any atom is 0.227 e. The summed E-state index contributed by atoms with van der Waals surface area (Å²) in [6.07, 6.45) is 5.14.